The van der Waals surface area contributed by atoms with Crippen LogP contribution in [0.4, 0.5) is 39.0 Å². The minimum atomic E-state index is -2.17. The minimum Gasteiger partial charge on any atom is -0.491 e. The van der Waals surface area contributed by atoms with Gasteiger partial charge in [0.2, 0.25) is 5.82 Å². The Bertz CT molecular complexity index is 1210. The molecule has 1 heterocycles. The summed E-state index contributed by atoms with van der Waals surface area (Å²) in [6.45, 7) is 4.56. The molecule has 3 aromatic rings. The lowest BCUT2D eigenvalue weighted by Crippen LogP contribution is -2.47. The van der Waals surface area contributed by atoms with Crippen molar-refractivity contribution >= 4 is 23.0 Å². The number of carbonyl (C=O) groups is 1. The van der Waals surface area contributed by atoms with Crippen molar-refractivity contribution in [3.8, 4) is 5.75 Å². The highest BCUT2D eigenvalue weighted by Gasteiger charge is 2.30. The number of ether oxygens (including phenoxy) is 1. The van der Waals surface area contributed by atoms with Crippen LogP contribution >= 0.6 is 0 Å². The van der Waals surface area contributed by atoms with Crippen LogP contribution in [-0.2, 0) is 0 Å². The van der Waals surface area contributed by atoms with Crippen molar-refractivity contribution in [1.82, 2.24) is 0 Å². The molecule has 1 aliphatic rings. The first-order chi connectivity index (χ1) is 17.2. The number of benzene rings is 3. The Morgan fingerprint density at radius 1 is 0.750 bits per heavy atom. The summed E-state index contributed by atoms with van der Waals surface area (Å²) < 4.78 is 74.3. The number of hydrogen-bond donors (Lipinski definition) is 1. The number of nitrogens with one attached hydrogen (secondary N) is 1. The van der Waals surface area contributed by atoms with E-state index in [1.54, 1.807) is 48.5 Å². The van der Waals surface area contributed by atoms with Crippen molar-refractivity contribution in [3.05, 3.63) is 83.2 Å². The average molecular weight is 505 g/mol. The Balaban J connectivity index is 1.37. The molecule has 0 spiro atoms. The molecule has 1 amide bonds. The molecule has 0 aromatic heterocycles. The van der Waals surface area contributed by atoms with E-state index in [1.165, 1.54) is 0 Å². The third-order valence-electron chi connectivity index (χ3n) is 5.76. The van der Waals surface area contributed by atoms with Gasteiger partial charge in [0.15, 0.2) is 23.3 Å². The smallest absolute Gasteiger partial charge is 0.255 e. The molecule has 4 rings (SSSR count). The van der Waals surface area contributed by atoms with Crippen LogP contribution in [0.15, 0.2) is 48.5 Å². The van der Waals surface area contributed by atoms with Gasteiger partial charge in [0, 0.05) is 43.1 Å². The van der Waals surface area contributed by atoms with Crippen molar-refractivity contribution in [2.45, 2.75) is 20.0 Å². The number of halogens is 5. The molecule has 0 unspecified atom stereocenters. The second-order valence-electron chi connectivity index (χ2n) is 8.58. The van der Waals surface area contributed by atoms with Crippen LogP contribution < -0.4 is 19.9 Å². The second kappa shape index (κ2) is 10.4. The Morgan fingerprint density at radius 3 is 1.78 bits per heavy atom. The number of anilines is 3. The zero-order valence-electron chi connectivity index (χ0n) is 19.6. The van der Waals surface area contributed by atoms with E-state index >= 15 is 0 Å². The SMILES string of the molecule is CC(C)Oc1ccc(C(=O)Nc2ccc(N3CCN(c4c(F)c(F)c(F)c(F)c4F)CC3)cc2)cc1. The van der Waals surface area contributed by atoms with Crippen molar-refractivity contribution < 1.29 is 31.5 Å². The number of piperazine rings is 1. The first kappa shape index (κ1) is 25.3. The van der Waals surface area contributed by atoms with Gasteiger partial charge in [0.25, 0.3) is 5.91 Å². The molecular formula is C26H24F5N3O2. The van der Waals surface area contributed by atoms with Crippen LogP contribution in [0.5, 0.6) is 5.75 Å². The summed E-state index contributed by atoms with van der Waals surface area (Å²) in [5.41, 5.74) is 0.930. The maximum absolute atomic E-state index is 14.1. The summed E-state index contributed by atoms with van der Waals surface area (Å²) >= 11 is 0. The van der Waals surface area contributed by atoms with E-state index in [0.717, 1.165) is 10.6 Å². The topological polar surface area (TPSA) is 44.8 Å². The van der Waals surface area contributed by atoms with Gasteiger partial charge in [-0.05, 0) is 62.4 Å². The van der Waals surface area contributed by atoms with Crippen molar-refractivity contribution in [2.24, 2.45) is 0 Å². The lowest BCUT2D eigenvalue weighted by atomic mass is 10.1. The van der Waals surface area contributed by atoms with Gasteiger partial charge in [-0.3, -0.25) is 4.79 Å². The van der Waals surface area contributed by atoms with Gasteiger partial charge >= 0.3 is 0 Å². The van der Waals surface area contributed by atoms with Gasteiger partial charge in [-0.15, -0.1) is 0 Å². The molecule has 5 nitrogen and oxygen atoms in total. The monoisotopic (exact) mass is 505 g/mol. The summed E-state index contributed by atoms with van der Waals surface area (Å²) in [5, 5.41) is 2.81. The quantitative estimate of drug-likeness (QED) is 0.263. The van der Waals surface area contributed by atoms with Crippen molar-refractivity contribution in [1.29, 1.82) is 0 Å². The molecule has 0 radical (unpaired) electrons. The standard InChI is InChI=1S/C26H24F5N3O2/c1-15(2)36-19-9-3-16(4-10-19)26(35)32-17-5-7-18(8-6-17)33-11-13-34(14-12-33)25-23(30)21(28)20(27)22(29)24(25)31/h3-10,15H,11-14H2,1-2H3,(H,32,35). The fourth-order valence-corrected chi connectivity index (χ4v) is 3.98. The van der Waals surface area contributed by atoms with E-state index in [0.29, 0.717) is 30.1 Å². The number of carbonyl (C=O) groups excluding carboxylic acids is 1. The number of amides is 1. The van der Waals surface area contributed by atoms with E-state index in [9.17, 15) is 26.7 Å². The van der Waals surface area contributed by atoms with E-state index in [2.05, 4.69) is 5.32 Å². The zero-order chi connectivity index (χ0) is 26.0. The predicted octanol–water partition coefficient (Wildman–Crippen LogP) is 5.75. The highest BCUT2D eigenvalue weighted by atomic mass is 19.2. The molecule has 1 aliphatic heterocycles. The lowest BCUT2D eigenvalue weighted by molar-refractivity contribution is 0.102. The van der Waals surface area contributed by atoms with Crippen LogP contribution in [-0.4, -0.2) is 38.2 Å². The number of nitrogens with zero attached hydrogens (tertiary/aromatic N) is 2. The third kappa shape index (κ3) is 5.22. The average Bonchev–Trinajstić information content (AvgIpc) is 2.87. The van der Waals surface area contributed by atoms with E-state index < -0.39 is 34.8 Å². The highest BCUT2D eigenvalue weighted by molar-refractivity contribution is 6.04. The van der Waals surface area contributed by atoms with Gasteiger partial charge in [-0.1, -0.05) is 0 Å². The maximum atomic E-state index is 14.1. The zero-order valence-corrected chi connectivity index (χ0v) is 19.6. The van der Waals surface area contributed by atoms with Crippen LogP contribution in [0, 0.1) is 29.1 Å². The summed E-state index contributed by atoms with van der Waals surface area (Å²) in [6.07, 6.45) is 0.0300. The van der Waals surface area contributed by atoms with Crippen LogP contribution in [0.25, 0.3) is 0 Å². The van der Waals surface area contributed by atoms with E-state index in [4.69, 9.17) is 4.74 Å². The Kier molecular flexibility index (Phi) is 7.32. The van der Waals surface area contributed by atoms with E-state index in [-0.39, 0.29) is 25.1 Å². The number of rotatable bonds is 6. The summed E-state index contributed by atoms with van der Waals surface area (Å²) in [7, 11) is 0. The minimum absolute atomic E-state index is 0.0300. The van der Waals surface area contributed by atoms with Gasteiger partial charge in [0.1, 0.15) is 11.4 Å². The Hall–Kier alpha value is -3.82. The molecular weight excluding hydrogens is 481 g/mol. The molecule has 36 heavy (non-hydrogen) atoms. The van der Waals surface area contributed by atoms with Gasteiger partial charge in [-0.25, -0.2) is 22.0 Å². The summed E-state index contributed by atoms with van der Waals surface area (Å²) in [5.74, 6) is -9.35. The Labute approximate surface area is 205 Å². The highest BCUT2D eigenvalue weighted by Crippen LogP contribution is 2.31. The fourth-order valence-electron chi connectivity index (χ4n) is 3.98. The van der Waals surface area contributed by atoms with E-state index in [1.807, 2.05) is 18.7 Å². The third-order valence-corrected chi connectivity index (χ3v) is 5.76. The molecule has 0 atom stereocenters. The molecule has 1 fully saturated rings. The largest absolute Gasteiger partial charge is 0.491 e. The van der Waals surface area contributed by atoms with Gasteiger partial charge in [-0.2, -0.15) is 0 Å². The van der Waals surface area contributed by atoms with Gasteiger partial charge < -0.3 is 19.9 Å². The molecule has 0 saturated carbocycles. The molecule has 3 aromatic carbocycles. The van der Waals surface area contributed by atoms with Crippen LogP contribution in [0.2, 0.25) is 0 Å². The Morgan fingerprint density at radius 2 is 1.25 bits per heavy atom. The van der Waals surface area contributed by atoms with Crippen LogP contribution in [0.1, 0.15) is 24.2 Å². The molecule has 190 valence electrons. The molecule has 1 N–H and O–H groups in total. The molecule has 0 aliphatic carbocycles. The second-order valence-corrected chi connectivity index (χ2v) is 8.58. The first-order valence-electron chi connectivity index (χ1n) is 11.3. The van der Waals surface area contributed by atoms with Crippen molar-refractivity contribution in [2.75, 3.05) is 41.3 Å². The summed E-state index contributed by atoms with van der Waals surface area (Å²) in [6, 6.07) is 13.8. The summed E-state index contributed by atoms with van der Waals surface area (Å²) in [4.78, 5) is 15.6. The molecule has 1 saturated heterocycles. The lowest BCUT2D eigenvalue weighted by Gasteiger charge is -2.37. The van der Waals surface area contributed by atoms with Crippen LogP contribution in [0.3, 0.4) is 0 Å². The molecule has 10 heteroatoms. The van der Waals surface area contributed by atoms with Crippen molar-refractivity contribution in [3.63, 3.8) is 0 Å². The fraction of sp³-hybridized carbons (Fsp3) is 0.269. The predicted molar refractivity (Wildman–Crippen MR) is 127 cm³/mol. The number of hydrogen-bond acceptors (Lipinski definition) is 4. The molecule has 0 bridgehead atoms. The normalized spacial score (nSPS) is 13.8. The van der Waals surface area contributed by atoms with Gasteiger partial charge in [0.05, 0.1) is 6.10 Å². The first-order valence-corrected chi connectivity index (χ1v) is 11.3. The maximum Gasteiger partial charge on any atom is 0.255 e.